The molecule has 120 valence electrons. The summed E-state index contributed by atoms with van der Waals surface area (Å²) in [5.41, 5.74) is 1.01. The normalized spacial score (nSPS) is 12.1. The molecule has 0 amide bonds. The largest absolute Gasteiger partial charge is 0.443 e. The van der Waals surface area contributed by atoms with Crippen LogP contribution in [0.4, 0.5) is 4.79 Å². The van der Waals surface area contributed by atoms with Crippen molar-refractivity contribution in [2.45, 2.75) is 32.8 Å². The average Bonchev–Trinajstić information content (AvgIpc) is 2.71. The summed E-state index contributed by atoms with van der Waals surface area (Å²) < 4.78 is 8.02. The highest BCUT2D eigenvalue weighted by molar-refractivity contribution is 9.10. The molecule has 1 aromatic carbocycles. The van der Waals surface area contributed by atoms with Crippen LogP contribution in [0.2, 0.25) is 0 Å². The number of ether oxygens (including phenoxy) is 1. The lowest BCUT2D eigenvalue weighted by molar-refractivity contribution is 0.0538. The molecule has 0 aliphatic carbocycles. The van der Waals surface area contributed by atoms with Crippen LogP contribution >= 0.6 is 15.9 Å². The van der Waals surface area contributed by atoms with Gasteiger partial charge in [0, 0.05) is 17.4 Å². The Hall–Kier alpha value is -1.40. The molecule has 2 rings (SSSR count). The quantitative estimate of drug-likeness (QED) is 0.829. The molecule has 0 fully saturated rings. The minimum atomic E-state index is -0.543. The molecular formula is C16H22BrN3O2. The lowest BCUT2D eigenvalue weighted by Gasteiger charge is -2.20. The second-order valence-corrected chi connectivity index (χ2v) is 7.45. The lowest BCUT2D eigenvalue weighted by Crippen LogP contribution is -2.28. The summed E-state index contributed by atoms with van der Waals surface area (Å²) in [4.78, 5) is 19.2. The summed E-state index contributed by atoms with van der Waals surface area (Å²) >= 11 is 3.45. The van der Waals surface area contributed by atoms with Crippen LogP contribution in [0.5, 0.6) is 0 Å². The zero-order chi connectivity index (χ0) is 16.5. The van der Waals surface area contributed by atoms with E-state index in [4.69, 9.17) is 4.74 Å². The van der Waals surface area contributed by atoms with E-state index in [-0.39, 0.29) is 6.09 Å². The second-order valence-electron chi connectivity index (χ2n) is 6.53. The molecule has 22 heavy (non-hydrogen) atoms. The number of halogens is 1. The Labute approximate surface area is 139 Å². The number of hydrogen-bond donors (Lipinski definition) is 0. The van der Waals surface area contributed by atoms with Gasteiger partial charge in [0.15, 0.2) is 0 Å². The summed E-state index contributed by atoms with van der Waals surface area (Å²) in [7, 11) is 3.99. The van der Waals surface area contributed by atoms with Gasteiger partial charge in [0.1, 0.15) is 11.4 Å². The summed E-state index contributed by atoms with van der Waals surface area (Å²) in [6, 6.07) is 5.72. The molecule has 1 heterocycles. The maximum Gasteiger partial charge on any atom is 0.420 e. The Morgan fingerprint density at radius 3 is 2.64 bits per heavy atom. The fourth-order valence-corrected chi connectivity index (χ4v) is 2.45. The van der Waals surface area contributed by atoms with Crippen LogP contribution in [0, 0.1) is 0 Å². The van der Waals surface area contributed by atoms with Gasteiger partial charge in [-0.15, -0.1) is 0 Å². The molecule has 0 aliphatic heterocycles. The van der Waals surface area contributed by atoms with Crippen LogP contribution in [-0.2, 0) is 11.2 Å². The molecule has 0 N–H and O–H groups in total. The first-order chi connectivity index (χ1) is 10.2. The van der Waals surface area contributed by atoms with Gasteiger partial charge in [0.05, 0.1) is 11.0 Å². The third kappa shape index (κ3) is 4.08. The first-order valence-corrected chi connectivity index (χ1v) is 8.01. The van der Waals surface area contributed by atoms with Crippen LogP contribution in [-0.4, -0.2) is 46.8 Å². The first kappa shape index (κ1) is 17.0. The molecule has 0 radical (unpaired) electrons. The number of carbonyl (C=O) groups is 1. The minimum absolute atomic E-state index is 0.387. The SMILES string of the molecule is CN(C)CCc1nc2ccc(Br)cc2n1C(=O)OC(C)(C)C. The number of rotatable bonds is 3. The molecular weight excluding hydrogens is 346 g/mol. The highest BCUT2D eigenvalue weighted by atomic mass is 79.9. The van der Waals surface area contributed by atoms with Gasteiger partial charge in [-0.3, -0.25) is 0 Å². The van der Waals surface area contributed by atoms with Gasteiger partial charge in [-0.2, -0.15) is 0 Å². The topological polar surface area (TPSA) is 47.4 Å². The number of likely N-dealkylation sites (N-methyl/N-ethyl adjacent to an activating group) is 1. The van der Waals surface area contributed by atoms with Gasteiger partial charge >= 0.3 is 6.09 Å². The summed E-state index contributed by atoms with van der Waals surface area (Å²) in [5.74, 6) is 0.719. The molecule has 1 aromatic heterocycles. The fourth-order valence-electron chi connectivity index (χ4n) is 2.10. The molecule has 6 heteroatoms. The standard InChI is InChI=1S/C16H22BrN3O2/c1-16(2,3)22-15(21)20-13-10-11(17)6-7-12(13)18-14(20)8-9-19(4)5/h6-7,10H,8-9H2,1-5H3. The summed E-state index contributed by atoms with van der Waals surface area (Å²) in [6.07, 6.45) is 0.292. The third-order valence-corrected chi connectivity index (χ3v) is 3.54. The summed E-state index contributed by atoms with van der Waals surface area (Å²) in [5, 5.41) is 0. The molecule has 0 aliphatic rings. The highest BCUT2D eigenvalue weighted by Gasteiger charge is 2.23. The maximum absolute atomic E-state index is 12.6. The van der Waals surface area contributed by atoms with Crippen molar-refractivity contribution in [3.8, 4) is 0 Å². The van der Waals surface area contributed by atoms with Crippen LogP contribution in [0.3, 0.4) is 0 Å². The summed E-state index contributed by atoms with van der Waals surface area (Å²) in [6.45, 7) is 6.39. The molecule has 0 saturated carbocycles. The van der Waals surface area contributed by atoms with Gasteiger partial charge in [0.25, 0.3) is 0 Å². The van der Waals surface area contributed by atoms with Crippen molar-refractivity contribution < 1.29 is 9.53 Å². The van der Waals surface area contributed by atoms with Crippen molar-refractivity contribution >= 4 is 33.1 Å². The van der Waals surface area contributed by atoms with E-state index in [1.54, 1.807) is 4.57 Å². The van der Waals surface area contributed by atoms with Crippen LogP contribution in [0.1, 0.15) is 26.6 Å². The number of carbonyl (C=O) groups excluding carboxylic acids is 1. The predicted octanol–water partition coefficient (Wildman–Crippen LogP) is 3.69. The van der Waals surface area contributed by atoms with Gasteiger partial charge in [-0.1, -0.05) is 15.9 Å². The Kier molecular flexibility index (Phi) is 4.92. The second kappa shape index (κ2) is 6.38. The van der Waals surface area contributed by atoms with Crippen molar-refractivity contribution in [3.05, 3.63) is 28.5 Å². The number of nitrogens with zero attached hydrogens (tertiary/aromatic N) is 3. The fraction of sp³-hybridized carbons (Fsp3) is 0.500. The molecule has 0 saturated heterocycles. The third-order valence-electron chi connectivity index (χ3n) is 3.04. The van der Waals surface area contributed by atoms with E-state index < -0.39 is 5.60 Å². The first-order valence-electron chi connectivity index (χ1n) is 7.22. The minimum Gasteiger partial charge on any atom is -0.443 e. The van der Waals surface area contributed by atoms with Crippen molar-refractivity contribution in [3.63, 3.8) is 0 Å². The number of benzene rings is 1. The van der Waals surface area contributed by atoms with E-state index in [0.29, 0.717) is 6.42 Å². The Balaban J connectivity index is 2.48. The Morgan fingerprint density at radius 1 is 1.36 bits per heavy atom. The van der Waals surface area contributed by atoms with E-state index in [1.165, 1.54) is 0 Å². The number of fused-ring (bicyclic) bond motifs is 1. The van der Waals surface area contributed by atoms with Gasteiger partial charge in [-0.25, -0.2) is 14.3 Å². The van der Waals surface area contributed by atoms with E-state index >= 15 is 0 Å². The molecule has 0 unspecified atom stereocenters. The van der Waals surface area contributed by atoms with Crippen LogP contribution < -0.4 is 0 Å². The smallest absolute Gasteiger partial charge is 0.420 e. The van der Waals surface area contributed by atoms with E-state index in [0.717, 1.165) is 27.9 Å². The number of aromatic nitrogens is 2. The molecule has 0 atom stereocenters. The van der Waals surface area contributed by atoms with Gasteiger partial charge < -0.3 is 9.64 Å². The van der Waals surface area contributed by atoms with Crippen molar-refractivity contribution in [2.75, 3.05) is 20.6 Å². The predicted molar refractivity (Wildman–Crippen MR) is 91.3 cm³/mol. The lowest BCUT2D eigenvalue weighted by atomic mass is 10.2. The molecule has 2 aromatic rings. The molecule has 0 spiro atoms. The van der Waals surface area contributed by atoms with E-state index in [9.17, 15) is 4.79 Å². The maximum atomic E-state index is 12.6. The van der Waals surface area contributed by atoms with Crippen molar-refractivity contribution in [1.82, 2.24) is 14.5 Å². The van der Waals surface area contributed by atoms with Gasteiger partial charge in [-0.05, 0) is 53.1 Å². The zero-order valence-electron chi connectivity index (χ0n) is 13.7. The molecule has 5 nitrogen and oxygen atoms in total. The van der Waals surface area contributed by atoms with Crippen molar-refractivity contribution in [1.29, 1.82) is 0 Å². The van der Waals surface area contributed by atoms with Gasteiger partial charge in [0.2, 0.25) is 0 Å². The average molecular weight is 368 g/mol. The number of hydrogen-bond acceptors (Lipinski definition) is 4. The Bertz CT molecular complexity index is 686. The number of imidazole rings is 1. The monoisotopic (exact) mass is 367 g/mol. The van der Waals surface area contributed by atoms with Crippen LogP contribution in [0.15, 0.2) is 22.7 Å². The molecule has 0 bridgehead atoms. The highest BCUT2D eigenvalue weighted by Crippen LogP contribution is 2.23. The Morgan fingerprint density at radius 2 is 2.05 bits per heavy atom. The zero-order valence-corrected chi connectivity index (χ0v) is 15.3. The van der Waals surface area contributed by atoms with E-state index in [2.05, 4.69) is 25.8 Å². The van der Waals surface area contributed by atoms with Crippen LogP contribution in [0.25, 0.3) is 11.0 Å². The van der Waals surface area contributed by atoms with Crippen molar-refractivity contribution in [2.24, 2.45) is 0 Å². The van der Waals surface area contributed by atoms with E-state index in [1.807, 2.05) is 53.1 Å².